The van der Waals surface area contributed by atoms with E-state index in [-0.39, 0.29) is 16.9 Å². The smallest absolute Gasteiger partial charge is 0.338 e. The first kappa shape index (κ1) is 17.7. The van der Waals surface area contributed by atoms with Gasteiger partial charge in [-0.05, 0) is 47.7 Å². The molecule has 4 rings (SSSR count). The van der Waals surface area contributed by atoms with Gasteiger partial charge in [0, 0.05) is 0 Å². The van der Waals surface area contributed by atoms with E-state index in [0.717, 1.165) is 4.57 Å². The van der Waals surface area contributed by atoms with Crippen LogP contribution in [-0.2, 0) is 4.74 Å². The molecule has 0 aliphatic heterocycles. The molecule has 1 atom stereocenters. The number of para-hydroxylation sites is 2. The molecule has 28 heavy (non-hydrogen) atoms. The lowest BCUT2D eigenvalue weighted by molar-refractivity contribution is 0.0233. The number of alkyl halides is 2. The van der Waals surface area contributed by atoms with E-state index < -0.39 is 18.6 Å². The standard InChI is InChI=1S/C18H14F2N6O2/c1-11(16-22-14-7-2-3-8-15(14)26(16)18(19)20)28-17(27)12-5-4-6-13(9-12)25-10-21-23-24-25/h2-11,18H,1H3. The maximum Gasteiger partial charge on any atom is 0.338 e. The number of hydrogen-bond donors (Lipinski definition) is 0. The average Bonchev–Trinajstić information content (AvgIpc) is 3.36. The van der Waals surface area contributed by atoms with Crippen LogP contribution < -0.4 is 0 Å². The quantitative estimate of drug-likeness (QED) is 0.491. The van der Waals surface area contributed by atoms with Crippen molar-refractivity contribution in [1.29, 1.82) is 0 Å². The number of fused-ring (bicyclic) bond motifs is 1. The summed E-state index contributed by atoms with van der Waals surface area (Å²) in [6.07, 6.45) is 0.406. The minimum Gasteiger partial charge on any atom is -0.451 e. The first-order valence-corrected chi connectivity index (χ1v) is 8.34. The van der Waals surface area contributed by atoms with Crippen LogP contribution in [0.15, 0.2) is 54.9 Å². The Morgan fingerprint density at radius 1 is 1.14 bits per heavy atom. The Bertz CT molecular complexity index is 1130. The number of aromatic nitrogens is 6. The molecule has 0 saturated carbocycles. The van der Waals surface area contributed by atoms with E-state index in [9.17, 15) is 13.6 Å². The highest BCUT2D eigenvalue weighted by Crippen LogP contribution is 2.28. The van der Waals surface area contributed by atoms with E-state index >= 15 is 0 Å². The van der Waals surface area contributed by atoms with Crippen molar-refractivity contribution in [2.75, 3.05) is 0 Å². The van der Waals surface area contributed by atoms with Gasteiger partial charge in [-0.1, -0.05) is 18.2 Å². The largest absolute Gasteiger partial charge is 0.451 e. The third kappa shape index (κ3) is 3.20. The number of carbonyl (C=O) groups is 1. The van der Waals surface area contributed by atoms with Crippen LogP contribution in [0.3, 0.4) is 0 Å². The minimum absolute atomic E-state index is 0.0267. The van der Waals surface area contributed by atoms with Gasteiger partial charge < -0.3 is 4.74 Å². The van der Waals surface area contributed by atoms with Crippen LogP contribution in [0.25, 0.3) is 16.7 Å². The Hall–Kier alpha value is -3.69. The second kappa shape index (κ2) is 7.14. The van der Waals surface area contributed by atoms with Crippen LogP contribution in [0, 0.1) is 0 Å². The fraction of sp³-hybridized carbons (Fsp3) is 0.167. The highest BCUT2D eigenvalue weighted by molar-refractivity contribution is 5.90. The lowest BCUT2D eigenvalue weighted by Crippen LogP contribution is -2.15. The second-order valence-corrected chi connectivity index (χ2v) is 5.96. The average molecular weight is 384 g/mol. The Kier molecular flexibility index (Phi) is 4.52. The van der Waals surface area contributed by atoms with Crippen LogP contribution in [0.2, 0.25) is 0 Å². The molecule has 0 aliphatic carbocycles. The van der Waals surface area contributed by atoms with Crippen LogP contribution in [0.5, 0.6) is 0 Å². The van der Waals surface area contributed by atoms with Gasteiger partial charge in [0.25, 0.3) is 0 Å². The molecule has 0 amide bonds. The van der Waals surface area contributed by atoms with Gasteiger partial charge in [-0.15, -0.1) is 5.10 Å². The maximum absolute atomic E-state index is 13.6. The summed E-state index contributed by atoms with van der Waals surface area (Å²) in [6, 6.07) is 13.0. The molecule has 1 unspecified atom stereocenters. The van der Waals surface area contributed by atoms with Gasteiger partial charge in [0.1, 0.15) is 6.33 Å². The van der Waals surface area contributed by atoms with Crippen LogP contribution in [0.4, 0.5) is 8.78 Å². The van der Waals surface area contributed by atoms with Crippen LogP contribution in [0.1, 0.15) is 35.8 Å². The first-order chi connectivity index (χ1) is 13.5. The molecule has 0 radical (unpaired) electrons. The Morgan fingerprint density at radius 3 is 2.71 bits per heavy atom. The molecular weight excluding hydrogens is 370 g/mol. The fourth-order valence-corrected chi connectivity index (χ4v) is 2.89. The molecule has 0 aliphatic rings. The number of benzene rings is 2. The molecule has 142 valence electrons. The van der Waals surface area contributed by atoms with Crippen molar-refractivity contribution in [2.45, 2.75) is 19.6 Å². The second-order valence-electron chi connectivity index (χ2n) is 5.96. The molecule has 8 nitrogen and oxygen atoms in total. The number of nitrogens with zero attached hydrogens (tertiary/aromatic N) is 6. The molecule has 0 saturated heterocycles. The molecule has 2 aromatic carbocycles. The Balaban J connectivity index is 1.61. The molecule has 0 N–H and O–H groups in total. The topological polar surface area (TPSA) is 87.7 Å². The van der Waals surface area contributed by atoms with E-state index in [1.807, 2.05) is 0 Å². The predicted octanol–water partition coefficient (Wildman–Crippen LogP) is 3.33. The van der Waals surface area contributed by atoms with E-state index in [1.165, 1.54) is 17.9 Å². The summed E-state index contributed by atoms with van der Waals surface area (Å²) in [7, 11) is 0. The molecule has 10 heteroatoms. The number of imidazole rings is 1. The normalized spacial score (nSPS) is 12.4. The number of hydrogen-bond acceptors (Lipinski definition) is 6. The SMILES string of the molecule is CC(OC(=O)c1cccc(-n2cnnn2)c1)c1nc2ccccc2n1C(F)F. The summed E-state index contributed by atoms with van der Waals surface area (Å²) in [5.74, 6) is -0.698. The first-order valence-electron chi connectivity index (χ1n) is 8.34. The van der Waals surface area contributed by atoms with Crippen molar-refractivity contribution in [2.24, 2.45) is 0 Å². The van der Waals surface area contributed by atoms with Crippen molar-refractivity contribution in [3.05, 3.63) is 66.2 Å². The zero-order chi connectivity index (χ0) is 19.7. The lowest BCUT2D eigenvalue weighted by Gasteiger charge is -2.15. The highest BCUT2D eigenvalue weighted by atomic mass is 19.3. The highest BCUT2D eigenvalue weighted by Gasteiger charge is 2.24. The molecule has 0 fully saturated rings. The van der Waals surface area contributed by atoms with Gasteiger partial charge >= 0.3 is 12.5 Å². The number of halogens is 2. The lowest BCUT2D eigenvalue weighted by atomic mass is 10.2. The van der Waals surface area contributed by atoms with Crippen molar-refractivity contribution in [3.8, 4) is 5.69 Å². The Labute approximate surface area is 157 Å². The summed E-state index contributed by atoms with van der Waals surface area (Å²) < 4.78 is 34.7. The minimum atomic E-state index is -2.81. The summed E-state index contributed by atoms with van der Waals surface area (Å²) in [4.78, 5) is 16.8. The molecule has 4 aromatic rings. The van der Waals surface area contributed by atoms with Gasteiger partial charge in [0.05, 0.1) is 22.3 Å². The van der Waals surface area contributed by atoms with Gasteiger partial charge in [0.15, 0.2) is 11.9 Å². The van der Waals surface area contributed by atoms with Crippen molar-refractivity contribution in [1.82, 2.24) is 29.8 Å². The van der Waals surface area contributed by atoms with Gasteiger partial charge in [-0.2, -0.15) is 8.78 Å². The molecule has 2 heterocycles. The molecule has 2 aromatic heterocycles. The fourth-order valence-electron chi connectivity index (χ4n) is 2.89. The summed E-state index contributed by atoms with van der Waals surface area (Å²) in [5, 5.41) is 10.8. The summed E-state index contributed by atoms with van der Waals surface area (Å²) >= 11 is 0. The number of rotatable bonds is 5. The third-order valence-corrected chi connectivity index (χ3v) is 4.16. The van der Waals surface area contributed by atoms with Gasteiger partial charge in [0.2, 0.25) is 0 Å². The third-order valence-electron chi connectivity index (χ3n) is 4.16. The number of tetrazole rings is 1. The Morgan fingerprint density at radius 2 is 1.96 bits per heavy atom. The summed E-state index contributed by atoms with van der Waals surface area (Å²) in [5.41, 5.74) is 1.48. The van der Waals surface area contributed by atoms with E-state index in [1.54, 1.807) is 48.5 Å². The number of ether oxygens (including phenoxy) is 1. The van der Waals surface area contributed by atoms with Crippen molar-refractivity contribution >= 4 is 17.0 Å². The predicted molar refractivity (Wildman–Crippen MR) is 94.0 cm³/mol. The number of carbonyl (C=O) groups excluding carboxylic acids is 1. The zero-order valence-electron chi connectivity index (χ0n) is 14.6. The molecular formula is C18H14F2N6O2. The monoisotopic (exact) mass is 384 g/mol. The van der Waals surface area contributed by atoms with E-state index in [0.29, 0.717) is 11.2 Å². The van der Waals surface area contributed by atoms with Crippen LogP contribution in [-0.4, -0.2) is 35.7 Å². The van der Waals surface area contributed by atoms with E-state index in [2.05, 4.69) is 20.5 Å². The van der Waals surface area contributed by atoms with Gasteiger partial charge in [-0.25, -0.2) is 14.5 Å². The molecule has 0 spiro atoms. The number of esters is 1. The van der Waals surface area contributed by atoms with Gasteiger partial charge in [-0.3, -0.25) is 4.57 Å². The van der Waals surface area contributed by atoms with Crippen LogP contribution >= 0.6 is 0 Å². The van der Waals surface area contributed by atoms with Crippen molar-refractivity contribution in [3.63, 3.8) is 0 Å². The van der Waals surface area contributed by atoms with Crippen molar-refractivity contribution < 1.29 is 18.3 Å². The maximum atomic E-state index is 13.6. The summed E-state index contributed by atoms with van der Waals surface area (Å²) in [6.45, 7) is -1.31. The molecule has 0 bridgehead atoms. The zero-order valence-corrected chi connectivity index (χ0v) is 14.6. The van der Waals surface area contributed by atoms with E-state index in [4.69, 9.17) is 4.74 Å².